The van der Waals surface area contributed by atoms with E-state index in [1.54, 1.807) is 7.05 Å². The Bertz CT molecular complexity index is 712. The lowest BCUT2D eigenvalue weighted by molar-refractivity contribution is -0.192. The lowest BCUT2D eigenvalue weighted by Gasteiger charge is -2.26. The maximum Gasteiger partial charge on any atom is 0.490 e. The first kappa shape index (κ1) is 29.5. The highest BCUT2D eigenvalue weighted by Gasteiger charge is 2.52. The second-order valence-corrected chi connectivity index (χ2v) is 9.02. The lowest BCUT2D eigenvalue weighted by Crippen LogP contribution is -2.55. The van der Waals surface area contributed by atoms with E-state index in [-0.39, 0.29) is 26.0 Å². The molecule has 0 bridgehead atoms. The van der Waals surface area contributed by atoms with Gasteiger partial charge < -0.3 is 31.3 Å². The van der Waals surface area contributed by atoms with E-state index < -0.39 is 46.9 Å². The number of hydrogen-bond donors (Lipinski definition) is 6. The highest BCUT2D eigenvalue weighted by atomic mass is 32.2. The summed E-state index contributed by atoms with van der Waals surface area (Å²) in [6.07, 6.45) is -4.36. The molecular formula is C14H28BF3N4O8S. The summed E-state index contributed by atoms with van der Waals surface area (Å²) in [5.41, 5.74) is 4.31. The molecule has 0 amide bonds. The van der Waals surface area contributed by atoms with Gasteiger partial charge in [-0.05, 0) is 19.8 Å². The molecule has 7 N–H and O–H groups in total. The van der Waals surface area contributed by atoms with Crippen molar-refractivity contribution in [2.24, 2.45) is 11.7 Å². The fourth-order valence-electron chi connectivity index (χ4n) is 2.79. The van der Waals surface area contributed by atoms with Gasteiger partial charge in [0.1, 0.15) is 5.54 Å². The molecule has 0 aromatic heterocycles. The zero-order valence-electron chi connectivity index (χ0n) is 17.0. The van der Waals surface area contributed by atoms with Crippen LogP contribution in [0, 0.1) is 5.92 Å². The van der Waals surface area contributed by atoms with Crippen molar-refractivity contribution in [1.82, 2.24) is 13.9 Å². The highest BCUT2D eigenvalue weighted by molar-refractivity contribution is 7.86. The lowest BCUT2D eigenvalue weighted by atomic mass is 9.78. The van der Waals surface area contributed by atoms with Gasteiger partial charge in [-0.25, -0.2) is 4.79 Å². The monoisotopic (exact) mass is 480 g/mol. The minimum atomic E-state index is -5.08. The third-order valence-electron chi connectivity index (χ3n) is 4.64. The molecule has 1 fully saturated rings. The van der Waals surface area contributed by atoms with Crippen LogP contribution in [0.3, 0.4) is 0 Å². The number of hydrogen-bond acceptors (Lipinski definition) is 8. The zero-order valence-corrected chi connectivity index (χ0v) is 17.9. The van der Waals surface area contributed by atoms with Gasteiger partial charge >= 0.3 is 25.2 Å². The van der Waals surface area contributed by atoms with Crippen molar-refractivity contribution in [2.45, 2.75) is 30.9 Å². The molecule has 12 nitrogen and oxygen atoms in total. The molecule has 0 unspecified atom stereocenters. The van der Waals surface area contributed by atoms with Crippen LogP contribution in [0.4, 0.5) is 13.2 Å². The number of carboxylic acid groups (broad SMARTS) is 2. The molecule has 1 heterocycles. The topological polar surface area (TPSA) is 194 Å². The van der Waals surface area contributed by atoms with E-state index in [1.165, 1.54) is 7.05 Å². The number of halogens is 3. The molecule has 0 aromatic rings. The van der Waals surface area contributed by atoms with Crippen molar-refractivity contribution < 1.29 is 51.4 Å². The number of nitrogens with one attached hydrogen (secondary N) is 1. The predicted molar refractivity (Wildman–Crippen MR) is 103 cm³/mol. The van der Waals surface area contributed by atoms with Gasteiger partial charge in [-0.3, -0.25) is 4.79 Å². The Morgan fingerprint density at radius 2 is 1.84 bits per heavy atom. The summed E-state index contributed by atoms with van der Waals surface area (Å²) in [7, 11) is -2.14. The molecule has 1 aliphatic heterocycles. The number of aliphatic carboxylic acids is 2. The van der Waals surface area contributed by atoms with E-state index in [0.717, 1.165) is 8.61 Å². The van der Waals surface area contributed by atoms with Crippen molar-refractivity contribution in [3.63, 3.8) is 0 Å². The van der Waals surface area contributed by atoms with Crippen LogP contribution in [0.5, 0.6) is 0 Å². The standard InChI is InChI=1S/C12H27BN4O6S.C2HF3O2/c1-15-6-7-16(2)24(22,23)17-8-10(4-3-5-13(20)21)12(14,9-17)11(18)19;3-2(4,5)1(6)7/h10,15,20-21H,3-9,14H2,1-2H3,(H,18,19);(H,6,7)/t10-,12-;/m1./s1. The average molecular weight is 480 g/mol. The van der Waals surface area contributed by atoms with Crippen LogP contribution in [0.25, 0.3) is 0 Å². The molecule has 0 aliphatic carbocycles. The number of carbonyl (C=O) groups is 2. The molecule has 2 atom stereocenters. The summed E-state index contributed by atoms with van der Waals surface area (Å²) in [5.74, 6) is -4.61. The molecule has 17 heteroatoms. The maximum atomic E-state index is 12.6. The van der Waals surface area contributed by atoms with E-state index in [0.29, 0.717) is 19.4 Å². The van der Waals surface area contributed by atoms with Crippen molar-refractivity contribution in [3.8, 4) is 0 Å². The van der Waals surface area contributed by atoms with Gasteiger partial charge in [0.2, 0.25) is 0 Å². The normalized spacial score (nSPS) is 22.2. The van der Waals surface area contributed by atoms with Gasteiger partial charge in [0, 0.05) is 39.1 Å². The Balaban J connectivity index is 0.00000110. The van der Waals surface area contributed by atoms with Crippen LogP contribution in [0.1, 0.15) is 12.8 Å². The summed E-state index contributed by atoms with van der Waals surface area (Å²) >= 11 is 0. The summed E-state index contributed by atoms with van der Waals surface area (Å²) in [4.78, 5) is 20.5. The Hall–Kier alpha value is -1.50. The van der Waals surface area contributed by atoms with E-state index in [4.69, 9.17) is 25.7 Å². The number of nitrogens with two attached hydrogens (primary N) is 1. The van der Waals surface area contributed by atoms with Crippen LogP contribution in [-0.4, -0.2) is 108 Å². The Kier molecular flexibility index (Phi) is 11.4. The largest absolute Gasteiger partial charge is 0.490 e. The molecule has 1 saturated heterocycles. The summed E-state index contributed by atoms with van der Waals surface area (Å²) in [6.45, 7) is 0.410. The molecule has 31 heavy (non-hydrogen) atoms. The second-order valence-electron chi connectivity index (χ2n) is 6.98. The van der Waals surface area contributed by atoms with Crippen LogP contribution in [-0.2, 0) is 19.8 Å². The van der Waals surface area contributed by atoms with Crippen molar-refractivity contribution in [2.75, 3.05) is 40.3 Å². The second kappa shape index (κ2) is 11.9. The SMILES string of the molecule is CNCCN(C)S(=O)(=O)N1C[C@@H](CCCB(O)O)[C@@](N)(C(=O)O)C1.O=C(O)C(F)(F)F. The number of rotatable bonds is 10. The van der Waals surface area contributed by atoms with Crippen LogP contribution < -0.4 is 11.1 Å². The van der Waals surface area contributed by atoms with Gasteiger partial charge in [-0.1, -0.05) is 6.42 Å². The molecule has 1 aliphatic rings. The highest BCUT2D eigenvalue weighted by Crippen LogP contribution is 2.32. The number of likely N-dealkylation sites (N-methyl/N-ethyl adjacent to an activating group) is 2. The summed E-state index contributed by atoms with van der Waals surface area (Å²) in [6, 6.07) is 0. The Morgan fingerprint density at radius 1 is 1.32 bits per heavy atom. The number of alkyl halides is 3. The molecule has 182 valence electrons. The Morgan fingerprint density at radius 3 is 2.23 bits per heavy atom. The first-order valence-corrected chi connectivity index (χ1v) is 10.4. The third-order valence-corrected chi connectivity index (χ3v) is 6.54. The smallest absolute Gasteiger partial charge is 0.480 e. The van der Waals surface area contributed by atoms with Gasteiger partial charge in [0.25, 0.3) is 10.2 Å². The third kappa shape index (κ3) is 8.87. The van der Waals surface area contributed by atoms with Crippen molar-refractivity contribution in [1.29, 1.82) is 0 Å². The van der Waals surface area contributed by atoms with Gasteiger partial charge in [0.15, 0.2) is 0 Å². The molecular weight excluding hydrogens is 452 g/mol. The van der Waals surface area contributed by atoms with Crippen LogP contribution >= 0.6 is 0 Å². The molecule has 1 rings (SSSR count). The zero-order chi connectivity index (χ0) is 24.6. The number of nitrogens with zero attached hydrogens (tertiary/aromatic N) is 2. The predicted octanol–water partition coefficient (Wildman–Crippen LogP) is -2.02. The fraction of sp³-hybridized carbons (Fsp3) is 0.857. The minimum Gasteiger partial charge on any atom is -0.480 e. The molecule has 0 saturated carbocycles. The van der Waals surface area contributed by atoms with Crippen LogP contribution in [0.15, 0.2) is 0 Å². The van der Waals surface area contributed by atoms with E-state index in [1.807, 2.05) is 0 Å². The van der Waals surface area contributed by atoms with Crippen molar-refractivity contribution in [3.05, 3.63) is 0 Å². The first-order chi connectivity index (χ1) is 14.0. The van der Waals surface area contributed by atoms with E-state index in [2.05, 4.69) is 5.32 Å². The summed E-state index contributed by atoms with van der Waals surface area (Å²) in [5, 5.41) is 37.2. The Labute approximate surface area is 178 Å². The van der Waals surface area contributed by atoms with Crippen LogP contribution in [0.2, 0.25) is 6.32 Å². The molecule has 0 aromatic carbocycles. The van der Waals surface area contributed by atoms with Gasteiger partial charge in [-0.2, -0.15) is 30.2 Å². The summed E-state index contributed by atoms with van der Waals surface area (Å²) < 4.78 is 59.1. The van der Waals surface area contributed by atoms with E-state index >= 15 is 0 Å². The molecule has 0 spiro atoms. The quantitative estimate of drug-likeness (QED) is 0.190. The number of carboxylic acids is 2. The minimum absolute atomic E-state index is 0.00342. The molecule has 0 radical (unpaired) electrons. The van der Waals surface area contributed by atoms with Gasteiger partial charge in [0.05, 0.1) is 0 Å². The maximum absolute atomic E-state index is 12.6. The average Bonchev–Trinajstić information content (AvgIpc) is 2.98. The van der Waals surface area contributed by atoms with E-state index in [9.17, 15) is 31.5 Å². The fourth-order valence-corrected chi connectivity index (χ4v) is 4.25. The van der Waals surface area contributed by atoms with Crippen molar-refractivity contribution >= 4 is 29.3 Å². The van der Waals surface area contributed by atoms with Gasteiger partial charge in [-0.15, -0.1) is 0 Å². The first-order valence-electron chi connectivity index (χ1n) is 9.04.